The Bertz CT molecular complexity index is 535. The van der Waals surface area contributed by atoms with Gasteiger partial charge in [0.25, 0.3) is 0 Å². The van der Waals surface area contributed by atoms with E-state index in [0.717, 1.165) is 12.8 Å². The zero-order valence-corrected chi connectivity index (χ0v) is 11.5. The lowest BCUT2D eigenvalue weighted by Crippen LogP contribution is -2.34. The van der Waals surface area contributed by atoms with Crippen LogP contribution in [-0.4, -0.2) is 27.2 Å². The zero-order valence-electron chi connectivity index (χ0n) is 9.83. The predicted molar refractivity (Wildman–Crippen MR) is 65.4 cm³/mol. The first kappa shape index (κ1) is 14.8. The second-order valence-electron chi connectivity index (χ2n) is 4.30. The predicted octanol–water partition coefficient (Wildman–Crippen LogP) is 1.84. The van der Waals surface area contributed by atoms with Crippen molar-refractivity contribution in [2.75, 3.05) is 6.54 Å². The molecule has 1 aromatic rings. The van der Waals surface area contributed by atoms with Crippen molar-refractivity contribution in [3.63, 3.8) is 0 Å². The maximum Gasteiger partial charge on any atom is 0.402 e. The summed E-state index contributed by atoms with van der Waals surface area (Å²) < 4.78 is 61.3. The molecule has 1 aliphatic carbocycles. The maximum atomic E-state index is 12.1. The molecule has 1 heterocycles. The molecule has 9 heteroatoms. The Morgan fingerprint density at radius 3 is 2.63 bits per heavy atom. The van der Waals surface area contributed by atoms with Crippen molar-refractivity contribution in [1.82, 2.24) is 10.0 Å². The molecule has 0 atom stereocenters. The fraction of sp³-hybridized carbons (Fsp3) is 0.600. The maximum absolute atomic E-state index is 12.1. The molecule has 0 amide bonds. The third-order valence-electron chi connectivity index (χ3n) is 2.59. The van der Waals surface area contributed by atoms with E-state index >= 15 is 0 Å². The summed E-state index contributed by atoms with van der Waals surface area (Å²) in [6.45, 7) is -1.19. The van der Waals surface area contributed by atoms with Gasteiger partial charge in [0.2, 0.25) is 10.0 Å². The highest BCUT2D eigenvalue weighted by molar-refractivity contribution is 7.89. The van der Waals surface area contributed by atoms with Gasteiger partial charge in [-0.2, -0.15) is 13.2 Å². The van der Waals surface area contributed by atoms with Crippen molar-refractivity contribution in [2.24, 2.45) is 0 Å². The molecule has 0 unspecified atom stereocenters. The first-order valence-electron chi connectivity index (χ1n) is 5.64. The van der Waals surface area contributed by atoms with Gasteiger partial charge in [-0.15, -0.1) is 11.3 Å². The first-order chi connectivity index (χ1) is 8.78. The molecular formula is C10H13F3N2O2S2. The van der Waals surface area contributed by atoms with E-state index in [1.807, 2.05) is 0 Å². The summed E-state index contributed by atoms with van der Waals surface area (Å²) in [5.74, 6) is 0. The number of hydrogen-bond acceptors (Lipinski definition) is 4. The van der Waals surface area contributed by atoms with Gasteiger partial charge < -0.3 is 5.32 Å². The molecule has 1 aromatic heterocycles. The van der Waals surface area contributed by atoms with Gasteiger partial charge in [-0.3, -0.25) is 0 Å². The quantitative estimate of drug-likeness (QED) is 0.842. The molecular weight excluding hydrogens is 301 g/mol. The highest BCUT2D eigenvalue weighted by Gasteiger charge is 2.31. The summed E-state index contributed by atoms with van der Waals surface area (Å²) in [7, 11) is -4.11. The fourth-order valence-corrected chi connectivity index (χ4v) is 3.88. The SMILES string of the molecule is O=S(=O)(NCC(F)(F)F)c1ccsc1CNC1CC1. The summed E-state index contributed by atoms with van der Waals surface area (Å²) in [6, 6.07) is 1.73. The molecule has 2 N–H and O–H groups in total. The second-order valence-corrected chi connectivity index (χ2v) is 7.04. The van der Waals surface area contributed by atoms with Gasteiger partial charge in [0, 0.05) is 17.5 Å². The van der Waals surface area contributed by atoms with Crippen molar-refractivity contribution in [2.45, 2.75) is 36.5 Å². The number of halogens is 3. The molecule has 1 aliphatic rings. The van der Waals surface area contributed by atoms with Gasteiger partial charge in [-0.05, 0) is 24.3 Å². The van der Waals surface area contributed by atoms with Gasteiger partial charge in [0.15, 0.2) is 0 Å². The molecule has 0 aromatic carbocycles. The van der Waals surface area contributed by atoms with Crippen LogP contribution in [-0.2, 0) is 16.6 Å². The Balaban J connectivity index is 2.04. The third-order valence-corrected chi connectivity index (χ3v) is 5.12. The lowest BCUT2D eigenvalue weighted by atomic mass is 10.4. The van der Waals surface area contributed by atoms with Crippen LogP contribution in [0.15, 0.2) is 16.3 Å². The summed E-state index contributed by atoms with van der Waals surface area (Å²) in [6.07, 6.45) is -2.45. The van der Waals surface area contributed by atoms with Crippen LogP contribution in [0.2, 0.25) is 0 Å². The highest BCUT2D eigenvalue weighted by Crippen LogP contribution is 2.25. The number of hydrogen-bond donors (Lipinski definition) is 2. The minimum absolute atomic E-state index is 0.0742. The lowest BCUT2D eigenvalue weighted by Gasteiger charge is -2.10. The van der Waals surface area contributed by atoms with E-state index in [-0.39, 0.29) is 4.90 Å². The van der Waals surface area contributed by atoms with Gasteiger partial charge in [-0.1, -0.05) is 0 Å². The Kier molecular flexibility index (Phi) is 4.19. The molecule has 0 radical (unpaired) electrons. The minimum atomic E-state index is -4.56. The fourth-order valence-electron chi connectivity index (χ4n) is 1.48. The van der Waals surface area contributed by atoms with Crippen LogP contribution in [0.5, 0.6) is 0 Å². The summed E-state index contributed by atoms with van der Waals surface area (Å²) in [5, 5.41) is 4.70. The van der Waals surface area contributed by atoms with E-state index in [0.29, 0.717) is 17.5 Å². The summed E-state index contributed by atoms with van der Waals surface area (Å²) >= 11 is 1.22. The zero-order chi connectivity index (χ0) is 14.1. The molecule has 0 saturated heterocycles. The van der Waals surface area contributed by atoms with E-state index in [9.17, 15) is 21.6 Å². The monoisotopic (exact) mass is 314 g/mol. The lowest BCUT2D eigenvalue weighted by molar-refractivity contribution is -0.121. The molecule has 4 nitrogen and oxygen atoms in total. The van der Waals surface area contributed by atoms with Crippen LogP contribution in [0.25, 0.3) is 0 Å². The molecule has 108 valence electrons. The number of sulfonamides is 1. The number of nitrogens with one attached hydrogen (secondary N) is 2. The van der Waals surface area contributed by atoms with Crippen LogP contribution in [0.3, 0.4) is 0 Å². The largest absolute Gasteiger partial charge is 0.402 e. The van der Waals surface area contributed by atoms with E-state index in [1.54, 1.807) is 10.1 Å². The Hall–Kier alpha value is -0.640. The summed E-state index contributed by atoms with van der Waals surface area (Å²) in [5.41, 5.74) is 0. The van der Waals surface area contributed by atoms with Gasteiger partial charge >= 0.3 is 6.18 Å². The van der Waals surface area contributed by atoms with Crippen LogP contribution in [0.4, 0.5) is 13.2 Å². The Labute approximate surface area is 113 Å². The molecule has 1 saturated carbocycles. The average Bonchev–Trinajstić information content (AvgIpc) is 3.00. The highest BCUT2D eigenvalue weighted by atomic mass is 32.2. The van der Waals surface area contributed by atoms with E-state index in [1.165, 1.54) is 17.4 Å². The number of alkyl halides is 3. The van der Waals surface area contributed by atoms with Crippen LogP contribution < -0.4 is 10.0 Å². The van der Waals surface area contributed by atoms with E-state index in [2.05, 4.69) is 5.32 Å². The van der Waals surface area contributed by atoms with Crippen LogP contribution >= 0.6 is 11.3 Å². The molecule has 19 heavy (non-hydrogen) atoms. The molecule has 2 rings (SSSR count). The van der Waals surface area contributed by atoms with Crippen molar-refractivity contribution >= 4 is 21.4 Å². The smallest absolute Gasteiger partial charge is 0.309 e. The topological polar surface area (TPSA) is 58.2 Å². The first-order valence-corrected chi connectivity index (χ1v) is 8.00. The molecule has 0 spiro atoms. The minimum Gasteiger partial charge on any atom is -0.309 e. The summed E-state index contributed by atoms with van der Waals surface area (Å²) in [4.78, 5) is 0.455. The van der Waals surface area contributed by atoms with Crippen molar-refractivity contribution in [3.8, 4) is 0 Å². The standard InChI is InChI=1S/C10H13F3N2O2S2/c11-10(12,13)6-15-19(16,17)9-3-4-18-8(9)5-14-7-1-2-7/h3-4,7,14-15H,1-2,5-6H2. The number of rotatable bonds is 6. The molecule has 1 fully saturated rings. The Morgan fingerprint density at radius 2 is 2.05 bits per heavy atom. The van der Waals surface area contributed by atoms with Crippen molar-refractivity contribution in [1.29, 1.82) is 0 Å². The number of thiophene rings is 1. The van der Waals surface area contributed by atoms with Gasteiger partial charge in [0.1, 0.15) is 6.54 Å². The average molecular weight is 314 g/mol. The Morgan fingerprint density at radius 1 is 1.37 bits per heavy atom. The van der Waals surface area contributed by atoms with Crippen molar-refractivity contribution < 1.29 is 21.6 Å². The van der Waals surface area contributed by atoms with Gasteiger partial charge in [-0.25, -0.2) is 13.1 Å². The van der Waals surface area contributed by atoms with Gasteiger partial charge in [0.05, 0.1) is 4.90 Å². The van der Waals surface area contributed by atoms with E-state index < -0.39 is 22.7 Å². The molecule has 0 bridgehead atoms. The third kappa shape index (κ3) is 4.44. The normalized spacial score (nSPS) is 16.8. The van der Waals surface area contributed by atoms with E-state index in [4.69, 9.17) is 0 Å². The second kappa shape index (κ2) is 5.39. The van der Waals surface area contributed by atoms with Crippen LogP contribution in [0.1, 0.15) is 17.7 Å². The van der Waals surface area contributed by atoms with Crippen LogP contribution in [0, 0.1) is 0 Å². The van der Waals surface area contributed by atoms with Crippen molar-refractivity contribution in [3.05, 3.63) is 16.3 Å². The molecule has 0 aliphatic heterocycles.